The van der Waals surface area contributed by atoms with Crippen molar-refractivity contribution >= 4 is 17.2 Å². The molecule has 0 aliphatic carbocycles. The Morgan fingerprint density at radius 2 is 2.47 bits per heavy atom. The smallest absolute Gasteiger partial charge is 0.261 e. The maximum atomic E-state index is 12.0. The second-order valence-electron chi connectivity index (χ2n) is 3.79. The third-order valence-corrected chi connectivity index (χ3v) is 3.40. The fourth-order valence-corrected chi connectivity index (χ4v) is 2.29. The summed E-state index contributed by atoms with van der Waals surface area (Å²) in [7, 11) is 0. The molecule has 0 spiro atoms. The van der Waals surface area contributed by atoms with Crippen LogP contribution >= 0.6 is 11.3 Å². The van der Waals surface area contributed by atoms with Gasteiger partial charge >= 0.3 is 0 Å². The second kappa shape index (κ2) is 6.18. The molecule has 98 valence electrons. The molecule has 0 saturated heterocycles. The first-order valence-corrected chi connectivity index (χ1v) is 6.52. The quantitative estimate of drug-likeness (QED) is 0.739. The average molecular weight is 275 g/mol. The van der Waals surface area contributed by atoms with Crippen molar-refractivity contribution in [2.45, 2.75) is 13.0 Å². The average Bonchev–Trinajstić information content (AvgIpc) is 3.07. The van der Waals surface area contributed by atoms with E-state index in [2.05, 4.69) is 27.1 Å². The lowest BCUT2D eigenvalue weighted by Gasteiger charge is -2.10. The summed E-state index contributed by atoms with van der Waals surface area (Å²) in [6, 6.07) is 3.30. The number of carbonyl (C=O) groups excluding carboxylic acids is 1. The Balaban J connectivity index is 2.02. The number of aromatic amines is 1. The predicted molar refractivity (Wildman–Crippen MR) is 72.8 cm³/mol. The molecule has 1 amide bonds. The summed E-state index contributed by atoms with van der Waals surface area (Å²) in [5.41, 5.74) is 0. The van der Waals surface area contributed by atoms with Gasteiger partial charge in [-0.1, -0.05) is 11.8 Å². The van der Waals surface area contributed by atoms with E-state index in [1.807, 2.05) is 6.92 Å². The summed E-state index contributed by atoms with van der Waals surface area (Å²) in [6.07, 6.45) is 3.36. The Morgan fingerprint density at radius 3 is 3.16 bits per heavy atom. The van der Waals surface area contributed by atoms with Crippen molar-refractivity contribution in [2.24, 2.45) is 0 Å². The van der Waals surface area contributed by atoms with E-state index in [0.29, 0.717) is 10.7 Å². The molecule has 0 aliphatic rings. The number of H-pyrrole nitrogens is 1. The van der Waals surface area contributed by atoms with Crippen LogP contribution in [0.15, 0.2) is 24.5 Å². The number of amides is 1. The minimum atomic E-state index is -0.186. The maximum absolute atomic E-state index is 12.0. The van der Waals surface area contributed by atoms with Crippen molar-refractivity contribution < 1.29 is 9.90 Å². The molecule has 3 N–H and O–H groups in total. The lowest BCUT2D eigenvalue weighted by Crippen LogP contribution is -2.26. The SMILES string of the molecule is CC(NC(=O)c1ccc(C#CCO)s1)c1ncc[nH]1. The molecule has 0 bridgehead atoms. The number of hydrogen-bond donors (Lipinski definition) is 3. The summed E-state index contributed by atoms with van der Waals surface area (Å²) in [6.45, 7) is 1.67. The zero-order chi connectivity index (χ0) is 13.7. The third-order valence-electron chi connectivity index (χ3n) is 2.40. The van der Waals surface area contributed by atoms with Crippen LogP contribution in [0.1, 0.15) is 33.3 Å². The summed E-state index contributed by atoms with van der Waals surface area (Å²) in [5, 5.41) is 11.5. The molecule has 1 unspecified atom stereocenters. The molecular formula is C13H13N3O2S. The molecule has 2 heterocycles. The van der Waals surface area contributed by atoms with Gasteiger partial charge in [-0.05, 0) is 19.1 Å². The molecule has 0 aromatic carbocycles. The molecular weight excluding hydrogens is 262 g/mol. The van der Waals surface area contributed by atoms with Gasteiger partial charge in [0.15, 0.2) is 0 Å². The molecule has 5 nitrogen and oxygen atoms in total. The highest BCUT2D eigenvalue weighted by Gasteiger charge is 2.14. The Hall–Kier alpha value is -2.10. The molecule has 0 fully saturated rings. The van der Waals surface area contributed by atoms with Gasteiger partial charge in [-0.3, -0.25) is 4.79 Å². The van der Waals surface area contributed by atoms with Crippen molar-refractivity contribution in [3.05, 3.63) is 40.1 Å². The van der Waals surface area contributed by atoms with E-state index in [1.54, 1.807) is 24.5 Å². The minimum Gasteiger partial charge on any atom is -0.384 e. The van der Waals surface area contributed by atoms with E-state index in [-0.39, 0.29) is 18.6 Å². The molecule has 1 atom stereocenters. The highest BCUT2D eigenvalue weighted by Crippen LogP contribution is 2.16. The van der Waals surface area contributed by atoms with Gasteiger partial charge in [-0.2, -0.15) is 0 Å². The summed E-state index contributed by atoms with van der Waals surface area (Å²) >= 11 is 1.29. The highest BCUT2D eigenvalue weighted by atomic mass is 32.1. The monoisotopic (exact) mass is 275 g/mol. The van der Waals surface area contributed by atoms with Gasteiger partial charge in [0.25, 0.3) is 5.91 Å². The van der Waals surface area contributed by atoms with Crippen LogP contribution in [0, 0.1) is 11.8 Å². The van der Waals surface area contributed by atoms with E-state index in [9.17, 15) is 4.79 Å². The van der Waals surface area contributed by atoms with E-state index in [4.69, 9.17) is 5.11 Å². The molecule has 19 heavy (non-hydrogen) atoms. The lowest BCUT2D eigenvalue weighted by atomic mass is 10.3. The normalized spacial score (nSPS) is 11.5. The number of aliphatic hydroxyl groups is 1. The van der Waals surface area contributed by atoms with Crippen molar-refractivity contribution in [3.63, 3.8) is 0 Å². The molecule has 0 radical (unpaired) electrons. The number of thiophene rings is 1. The van der Waals surface area contributed by atoms with Crippen molar-refractivity contribution in [1.82, 2.24) is 15.3 Å². The van der Waals surface area contributed by atoms with Crippen LogP contribution in [0.25, 0.3) is 0 Å². The topological polar surface area (TPSA) is 78.0 Å². The van der Waals surface area contributed by atoms with E-state index in [0.717, 1.165) is 4.88 Å². The molecule has 2 aromatic heterocycles. The van der Waals surface area contributed by atoms with Crippen LogP contribution in [0.5, 0.6) is 0 Å². The third kappa shape index (κ3) is 3.44. The zero-order valence-electron chi connectivity index (χ0n) is 10.3. The first kappa shape index (κ1) is 13.3. The number of rotatable bonds is 3. The number of hydrogen-bond acceptors (Lipinski definition) is 4. The number of nitrogens with one attached hydrogen (secondary N) is 2. The van der Waals surface area contributed by atoms with Crippen molar-refractivity contribution in [3.8, 4) is 11.8 Å². The Bertz CT molecular complexity index is 607. The van der Waals surface area contributed by atoms with E-state index in [1.165, 1.54) is 11.3 Å². The standard InChI is InChI=1S/C13H13N3O2S/c1-9(12-14-6-7-15-12)16-13(18)11-5-4-10(19-11)3-2-8-17/h4-7,9,17H,8H2,1H3,(H,14,15)(H,16,18). The van der Waals surface area contributed by atoms with Crippen molar-refractivity contribution in [1.29, 1.82) is 0 Å². The molecule has 0 aliphatic heterocycles. The number of aromatic nitrogens is 2. The summed E-state index contributed by atoms with van der Waals surface area (Å²) < 4.78 is 0. The van der Waals surface area contributed by atoms with Gasteiger partial charge in [0.2, 0.25) is 0 Å². The number of nitrogens with zero attached hydrogens (tertiary/aromatic N) is 1. The van der Waals surface area contributed by atoms with Crippen LogP contribution in [0.3, 0.4) is 0 Å². The Labute approximate surface area is 114 Å². The highest BCUT2D eigenvalue weighted by molar-refractivity contribution is 7.14. The summed E-state index contributed by atoms with van der Waals surface area (Å²) in [4.78, 5) is 20.4. The first-order valence-electron chi connectivity index (χ1n) is 5.70. The van der Waals surface area contributed by atoms with Gasteiger partial charge in [0.1, 0.15) is 12.4 Å². The van der Waals surface area contributed by atoms with Gasteiger partial charge in [0.05, 0.1) is 15.8 Å². The predicted octanol–water partition coefficient (Wildman–Crippen LogP) is 1.31. The number of imidazole rings is 1. The Morgan fingerprint density at radius 1 is 1.63 bits per heavy atom. The molecule has 2 aromatic rings. The zero-order valence-corrected chi connectivity index (χ0v) is 11.1. The molecule has 6 heteroatoms. The first-order chi connectivity index (χ1) is 9.20. The van der Waals surface area contributed by atoms with Gasteiger partial charge in [-0.15, -0.1) is 11.3 Å². The van der Waals surface area contributed by atoms with Gasteiger partial charge in [0, 0.05) is 12.4 Å². The van der Waals surface area contributed by atoms with Crippen LogP contribution in [-0.2, 0) is 0 Å². The van der Waals surface area contributed by atoms with Crippen LogP contribution in [-0.4, -0.2) is 27.6 Å². The van der Waals surface area contributed by atoms with Gasteiger partial charge < -0.3 is 15.4 Å². The Kier molecular flexibility index (Phi) is 4.34. The van der Waals surface area contributed by atoms with Crippen LogP contribution in [0.2, 0.25) is 0 Å². The molecule has 0 saturated carbocycles. The maximum Gasteiger partial charge on any atom is 0.261 e. The van der Waals surface area contributed by atoms with Crippen LogP contribution < -0.4 is 5.32 Å². The minimum absolute atomic E-state index is 0.161. The fraction of sp³-hybridized carbons (Fsp3) is 0.231. The summed E-state index contributed by atoms with van der Waals surface area (Å²) in [5.74, 6) is 5.87. The van der Waals surface area contributed by atoms with Crippen LogP contribution in [0.4, 0.5) is 0 Å². The van der Waals surface area contributed by atoms with Crippen molar-refractivity contribution in [2.75, 3.05) is 6.61 Å². The largest absolute Gasteiger partial charge is 0.384 e. The second-order valence-corrected chi connectivity index (χ2v) is 4.88. The van der Waals surface area contributed by atoms with E-state index >= 15 is 0 Å². The number of carbonyl (C=O) groups is 1. The lowest BCUT2D eigenvalue weighted by molar-refractivity contribution is 0.0942. The number of aliphatic hydroxyl groups excluding tert-OH is 1. The van der Waals surface area contributed by atoms with Gasteiger partial charge in [-0.25, -0.2) is 4.98 Å². The molecule has 2 rings (SSSR count). The van der Waals surface area contributed by atoms with E-state index < -0.39 is 0 Å². The fourth-order valence-electron chi connectivity index (χ4n) is 1.50.